The Kier molecular flexibility index (Phi) is 4.42. The molecule has 27 heavy (non-hydrogen) atoms. The third-order valence-electron chi connectivity index (χ3n) is 5.03. The highest BCUT2D eigenvalue weighted by Crippen LogP contribution is 2.32. The van der Waals surface area contributed by atoms with Gasteiger partial charge in [-0.1, -0.05) is 48.5 Å². The molecule has 0 radical (unpaired) electrons. The van der Waals surface area contributed by atoms with E-state index < -0.39 is 5.97 Å². The van der Waals surface area contributed by atoms with Crippen molar-refractivity contribution in [2.75, 3.05) is 6.61 Å². The fourth-order valence-corrected chi connectivity index (χ4v) is 3.65. The summed E-state index contributed by atoms with van der Waals surface area (Å²) in [5.41, 5.74) is 4.09. The molecular weight excluding hydrogens is 338 g/mol. The molecule has 0 bridgehead atoms. The minimum absolute atomic E-state index is 0.218. The molecule has 0 aliphatic heterocycles. The van der Waals surface area contributed by atoms with Crippen LogP contribution in [0.4, 0.5) is 0 Å². The van der Waals surface area contributed by atoms with E-state index in [9.17, 15) is 9.90 Å². The summed E-state index contributed by atoms with van der Waals surface area (Å²) >= 11 is 0. The van der Waals surface area contributed by atoms with Crippen LogP contribution in [-0.4, -0.2) is 22.2 Å². The van der Waals surface area contributed by atoms with Gasteiger partial charge in [0.2, 0.25) is 0 Å². The number of aryl methyl sites for hydroxylation is 1. The summed E-state index contributed by atoms with van der Waals surface area (Å²) in [6.45, 7) is 1.86. The maximum Gasteiger partial charge on any atom is 0.340 e. The fourth-order valence-electron chi connectivity index (χ4n) is 3.65. The van der Waals surface area contributed by atoms with Gasteiger partial charge in [-0.05, 0) is 41.0 Å². The molecule has 1 aromatic heterocycles. The average Bonchev–Trinajstić information content (AvgIpc) is 2.99. The van der Waals surface area contributed by atoms with Gasteiger partial charge in [-0.3, -0.25) is 0 Å². The summed E-state index contributed by atoms with van der Waals surface area (Å²) in [6.07, 6.45) is 0. The first-order chi connectivity index (χ1) is 13.1. The number of aromatic nitrogens is 1. The zero-order valence-electron chi connectivity index (χ0n) is 15.4. The van der Waals surface area contributed by atoms with Crippen molar-refractivity contribution in [3.05, 3.63) is 71.9 Å². The van der Waals surface area contributed by atoms with Gasteiger partial charge < -0.3 is 14.4 Å². The second-order valence-corrected chi connectivity index (χ2v) is 6.55. The molecule has 0 saturated heterocycles. The van der Waals surface area contributed by atoms with Gasteiger partial charge in [0, 0.05) is 18.0 Å². The largest absolute Gasteiger partial charge is 0.462 e. The normalized spacial score (nSPS) is 11.2. The number of hydrogen-bond donors (Lipinski definition) is 1. The Bertz CT molecular complexity index is 1160. The van der Waals surface area contributed by atoms with E-state index in [-0.39, 0.29) is 6.61 Å². The fraction of sp³-hybridized carbons (Fsp3) is 0.174. The van der Waals surface area contributed by atoms with Crippen molar-refractivity contribution in [2.45, 2.75) is 13.5 Å². The Labute approximate surface area is 157 Å². The Morgan fingerprint density at radius 1 is 1.00 bits per heavy atom. The van der Waals surface area contributed by atoms with Gasteiger partial charge in [0.15, 0.2) is 0 Å². The third kappa shape index (κ3) is 2.88. The van der Waals surface area contributed by atoms with E-state index in [2.05, 4.69) is 36.4 Å². The van der Waals surface area contributed by atoms with Gasteiger partial charge in [-0.15, -0.1) is 0 Å². The second-order valence-electron chi connectivity index (χ2n) is 6.55. The van der Waals surface area contributed by atoms with Crippen molar-refractivity contribution in [3.63, 3.8) is 0 Å². The zero-order chi connectivity index (χ0) is 19.0. The first-order valence-electron chi connectivity index (χ1n) is 9.02. The first-order valence-corrected chi connectivity index (χ1v) is 9.02. The topological polar surface area (TPSA) is 51.5 Å². The summed E-state index contributed by atoms with van der Waals surface area (Å²) in [5, 5.41) is 13.0. The summed E-state index contributed by atoms with van der Waals surface area (Å²) in [7, 11) is 1.86. The lowest BCUT2D eigenvalue weighted by atomic mass is 10.00. The number of aliphatic hydroxyl groups is 1. The molecule has 136 valence electrons. The molecule has 0 atom stereocenters. The van der Waals surface area contributed by atoms with E-state index in [0.717, 1.165) is 22.0 Å². The van der Waals surface area contributed by atoms with E-state index in [1.165, 1.54) is 10.8 Å². The lowest BCUT2D eigenvalue weighted by Gasteiger charge is -2.06. The van der Waals surface area contributed by atoms with Crippen molar-refractivity contribution >= 4 is 27.6 Å². The molecule has 1 heterocycles. The third-order valence-corrected chi connectivity index (χ3v) is 5.03. The molecular formula is C23H21NO3. The Morgan fingerprint density at radius 3 is 2.44 bits per heavy atom. The van der Waals surface area contributed by atoms with Crippen LogP contribution >= 0.6 is 0 Å². The Morgan fingerprint density at radius 2 is 1.70 bits per heavy atom. The number of carbonyl (C=O) groups is 1. The van der Waals surface area contributed by atoms with Crippen molar-refractivity contribution in [2.24, 2.45) is 7.05 Å². The SMILES string of the molecule is CCOC(=O)c1c(CO)n(C)c2cc(-c3ccc4ccccc4c3)ccc12. The van der Waals surface area contributed by atoms with Crippen LogP contribution in [0.25, 0.3) is 32.8 Å². The summed E-state index contributed by atoms with van der Waals surface area (Å²) in [5.74, 6) is -0.398. The van der Waals surface area contributed by atoms with Crippen LogP contribution in [0.5, 0.6) is 0 Å². The standard InChI is InChI=1S/C23H21NO3/c1-3-27-23(26)22-19-11-10-18(13-20(19)24(2)21(22)14-25)17-9-8-15-6-4-5-7-16(15)12-17/h4-13,25H,3,14H2,1-2H3. The maximum atomic E-state index is 12.4. The van der Waals surface area contributed by atoms with E-state index in [1.807, 2.05) is 35.9 Å². The maximum absolute atomic E-state index is 12.4. The highest BCUT2D eigenvalue weighted by molar-refractivity contribution is 6.07. The molecule has 0 fully saturated rings. The predicted molar refractivity (Wildman–Crippen MR) is 108 cm³/mol. The number of aliphatic hydroxyl groups excluding tert-OH is 1. The molecule has 4 heteroatoms. The number of carbonyl (C=O) groups excluding carboxylic acids is 1. The van der Waals surface area contributed by atoms with Crippen molar-refractivity contribution in [1.82, 2.24) is 4.57 Å². The number of fused-ring (bicyclic) bond motifs is 2. The molecule has 3 aromatic carbocycles. The molecule has 4 nitrogen and oxygen atoms in total. The van der Waals surface area contributed by atoms with Crippen LogP contribution in [-0.2, 0) is 18.4 Å². The van der Waals surface area contributed by atoms with Crippen molar-refractivity contribution in [3.8, 4) is 11.1 Å². The van der Waals surface area contributed by atoms with Crippen LogP contribution in [0.2, 0.25) is 0 Å². The Balaban J connectivity index is 1.89. The van der Waals surface area contributed by atoms with Crippen molar-refractivity contribution in [1.29, 1.82) is 0 Å². The van der Waals surface area contributed by atoms with E-state index in [0.29, 0.717) is 17.9 Å². The molecule has 0 saturated carbocycles. The minimum atomic E-state index is -0.398. The van der Waals surface area contributed by atoms with E-state index >= 15 is 0 Å². The highest BCUT2D eigenvalue weighted by atomic mass is 16.5. The van der Waals surface area contributed by atoms with Crippen LogP contribution in [0.1, 0.15) is 23.0 Å². The molecule has 0 aliphatic carbocycles. The number of rotatable bonds is 4. The Hall–Kier alpha value is -3.11. The van der Waals surface area contributed by atoms with Gasteiger partial charge in [0.1, 0.15) is 0 Å². The first kappa shape index (κ1) is 17.3. The van der Waals surface area contributed by atoms with Gasteiger partial charge in [0.05, 0.1) is 24.5 Å². The molecule has 0 spiro atoms. The lowest BCUT2D eigenvalue weighted by molar-refractivity contribution is 0.0524. The van der Waals surface area contributed by atoms with Crippen LogP contribution in [0.3, 0.4) is 0 Å². The zero-order valence-corrected chi connectivity index (χ0v) is 15.4. The summed E-state index contributed by atoms with van der Waals surface area (Å²) in [6, 6.07) is 20.6. The number of ether oxygens (including phenoxy) is 1. The number of benzene rings is 3. The quantitative estimate of drug-likeness (QED) is 0.539. The highest BCUT2D eigenvalue weighted by Gasteiger charge is 2.22. The monoisotopic (exact) mass is 359 g/mol. The van der Waals surface area contributed by atoms with Gasteiger partial charge in [-0.2, -0.15) is 0 Å². The van der Waals surface area contributed by atoms with Gasteiger partial charge in [0.25, 0.3) is 0 Å². The number of esters is 1. The van der Waals surface area contributed by atoms with Crippen LogP contribution in [0, 0.1) is 0 Å². The lowest BCUT2D eigenvalue weighted by Crippen LogP contribution is -2.08. The van der Waals surface area contributed by atoms with E-state index in [4.69, 9.17) is 4.74 Å². The predicted octanol–water partition coefficient (Wildman–Crippen LogP) is 4.67. The number of hydrogen-bond acceptors (Lipinski definition) is 3. The molecule has 0 unspecified atom stereocenters. The summed E-state index contributed by atoms with van der Waals surface area (Å²) < 4.78 is 7.06. The second kappa shape index (κ2) is 6.89. The summed E-state index contributed by atoms with van der Waals surface area (Å²) in [4.78, 5) is 12.4. The number of nitrogens with zero attached hydrogens (tertiary/aromatic N) is 1. The molecule has 4 aromatic rings. The average molecular weight is 359 g/mol. The smallest absolute Gasteiger partial charge is 0.340 e. The molecule has 1 N–H and O–H groups in total. The molecule has 0 aliphatic rings. The van der Waals surface area contributed by atoms with Gasteiger partial charge >= 0.3 is 5.97 Å². The molecule has 0 amide bonds. The minimum Gasteiger partial charge on any atom is -0.462 e. The molecule has 4 rings (SSSR count). The van der Waals surface area contributed by atoms with Crippen LogP contribution < -0.4 is 0 Å². The van der Waals surface area contributed by atoms with Gasteiger partial charge in [-0.25, -0.2) is 4.79 Å². The van der Waals surface area contributed by atoms with Crippen LogP contribution in [0.15, 0.2) is 60.7 Å². The van der Waals surface area contributed by atoms with Crippen molar-refractivity contribution < 1.29 is 14.6 Å². The van der Waals surface area contributed by atoms with E-state index in [1.54, 1.807) is 6.92 Å².